The molecule has 0 amide bonds. The van der Waals surface area contributed by atoms with Crippen LogP contribution in [0, 0.1) is 0 Å². The lowest BCUT2D eigenvalue weighted by Crippen LogP contribution is -2.36. The molecule has 2 nitrogen and oxygen atoms in total. The molecule has 1 heterocycles. The van der Waals surface area contributed by atoms with Gasteiger partial charge in [0.1, 0.15) is 0 Å². The molecule has 2 heteroatoms. The third kappa shape index (κ3) is 3.92. The number of rotatable bonds is 4. The zero-order chi connectivity index (χ0) is 16.9. The van der Waals surface area contributed by atoms with Gasteiger partial charge in [-0.15, -0.1) is 0 Å². The Labute approximate surface area is 150 Å². The van der Waals surface area contributed by atoms with Gasteiger partial charge in [-0.3, -0.25) is 4.90 Å². The third-order valence-electron chi connectivity index (χ3n) is 4.93. The van der Waals surface area contributed by atoms with Crippen LogP contribution in [0.5, 0.6) is 0 Å². The lowest BCUT2D eigenvalue weighted by atomic mass is 10.1. The topological polar surface area (TPSA) is 6.48 Å². The Morgan fingerprint density at radius 3 is 1.96 bits per heavy atom. The lowest BCUT2D eigenvalue weighted by molar-refractivity contribution is 0.274. The first-order valence-electron chi connectivity index (χ1n) is 9.01. The molecule has 0 saturated carbocycles. The summed E-state index contributed by atoms with van der Waals surface area (Å²) in [5.74, 6) is 0. The van der Waals surface area contributed by atoms with Gasteiger partial charge in [0.15, 0.2) is 0 Å². The summed E-state index contributed by atoms with van der Waals surface area (Å²) in [6.45, 7) is 4.03. The Morgan fingerprint density at radius 1 is 0.640 bits per heavy atom. The highest BCUT2D eigenvalue weighted by molar-refractivity contribution is 5.48. The Balaban J connectivity index is 1.56. The Bertz CT molecular complexity index is 799. The van der Waals surface area contributed by atoms with Crippen LogP contribution in [0.2, 0.25) is 0 Å². The van der Waals surface area contributed by atoms with Crippen LogP contribution >= 0.6 is 0 Å². The molecule has 3 aromatic carbocycles. The number of hydrogen-bond donors (Lipinski definition) is 0. The molecule has 0 fully saturated rings. The summed E-state index contributed by atoms with van der Waals surface area (Å²) in [6.07, 6.45) is 1.09. The van der Waals surface area contributed by atoms with Crippen molar-refractivity contribution in [3.05, 3.63) is 102 Å². The van der Waals surface area contributed by atoms with Gasteiger partial charge in [-0.05, 0) is 35.2 Å². The van der Waals surface area contributed by atoms with Gasteiger partial charge in [-0.2, -0.15) is 0 Å². The fourth-order valence-corrected chi connectivity index (χ4v) is 3.55. The highest BCUT2D eigenvalue weighted by Crippen LogP contribution is 2.24. The van der Waals surface area contributed by atoms with Gasteiger partial charge in [-0.25, -0.2) is 0 Å². The molecule has 25 heavy (non-hydrogen) atoms. The van der Waals surface area contributed by atoms with E-state index in [1.165, 1.54) is 22.4 Å². The van der Waals surface area contributed by atoms with Crippen LogP contribution in [0.3, 0.4) is 0 Å². The van der Waals surface area contributed by atoms with Crippen molar-refractivity contribution in [2.24, 2.45) is 0 Å². The largest absolute Gasteiger partial charge is 0.354 e. The average molecular weight is 328 g/mol. The molecule has 0 radical (unpaired) electrons. The number of benzene rings is 3. The molecular formula is C23H24N2. The predicted octanol–water partition coefficient (Wildman–Crippen LogP) is 4.71. The lowest BCUT2D eigenvalue weighted by Gasteiger charge is -2.29. The maximum Gasteiger partial charge on any atom is 0.0713 e. The van der Waals surface area contributed by atoms with Gasteiger partial charge >= 0.3 is 0 Å². The molecule has 0 saturated heterocycles. The van der Waals surface area contributed by atoms with Gasteiger partial charge in [0, 0.05) is 25.3 Å². The van der Waals surface area contributed by atoms with Gasteiger partial charge in [-0.1, -0.05) is 72.8 Å². The Kier molecular flexibility index (Phi) is 4.80. The van der Waals surface area contributed by atoms with Crippen LogP contribution in [-0.4, -0.2) is 18.1 Å². The fraction of sp³-hybridized carbons (Fsp3) is 0.217. The van der Waals surface area contributed by atoms with Gasteiger partial charge in [0.05, 0.1) is 6.67 Å². The molecule has 0 unspecified atom stereocenters. The van der Waals surface area contributed by atoms with E-state index in [-0.39, 0.29) is 0 Å². The number of fused-ring (bicyclic) bond motifs is 1. The fourth-order valence-electron chi connectivity index (χ4n) is 3.55. The van der Waals surface area contributed by atoms with Crippen LogP contribution in [0.15, 0.2) is 84.9 Å². The summed E-state index contributed by atoms with van der Waals surface area (Å²) >= 11 is 0. The number of anilines is 1. The maximum absolute atomic E-state index is 2.56. The number of hydrogen-bond acceptors (Lipinski definition) is 2. The molecule has 0 spiro atoms. The van der Waals surface area contributed by atoms with Crippen molar-refractivity contribution >= 4 is 5.69 Å². The normalized spacial score (nSPS) is 14.8. The van der Waals surface area contributed by atoms with Crippen molar-refractivity contribution in [3.63, 3.8) is 0 Å². The van der Waals surface area contributed by atoms with E-state index < -0.39 is 0 Å². The maximum atomic E-state index is 2.56. The first-order valence-corrected chi connectivity index (χ1v) is 9.01. The molecule has 1 aliphatic heterocycles. The summed E-state index contributed by atoms with van der Waals surface area (Å²) in [5, 5.41) is 0. The monoisotopic (exact) mass is 328 g/mol. The third-order valence-corrected chi connectivity index (χ3v) is 4.93. The van der Waals surface area contributed by atoms with Crippen LogP contribution in [-0.2, 0) is 19.5 Å². The van der Waals surface area contributed by atoms with Gasteiger partial charge in [0.2, 0.25) is 0 Å². The molecule has 1 aliphatic rings. The second-order valence-electron chi connectivity index (χ2n) is 6.73. The summed E-state index contributed by atoms with van der Waals surface area (Å²) in [4.78, 5) is 5.04. The first kappa shape index (κ1) is 15.9. The SMILES string of the molecule is c1ccc(CCN2Cc3ccccc3CN(c3ccccc3)C2)cc1. The summed E-state index contributed by atoms with van der Waals surface area (Å²) < 4.78 is 0. The van der Waals surface area contributed by atoms with E-state index in [2.05, 4.69) is 94.7 Å². The van der Waals surface area contributed by atoms with Crippen molar-refractivity contribution in [1.82, 2.24) is 4.90 Å². The molecule has 0 aromatic heterocycles. The van der Waals surface area contributed by atoms with Crippen molar-refractivity contribution in [2.75, 3.05) is 18.1 Å². The van der Waals surface area contributed by atoms with Crippen molar-refractivity contribution in [1.29, 1.82) is 0 Å². The molecule has 126 valence electrons. The average Bonchev–Trinajstić information content (AvgIpc) is 2.87. The minimum atomic E-state index is 0.964. The van der Waals surface area contributed by atoms with E-state index in [4.69, 9.17) is 0 Å². The van der Waals surface area contributed by atoms with Crippen molar-refractivity contribution in [2.45, 2.75) is 19.5 Å². The molecule has 0 N–H and O–H groups in total. The minimum absolute atomic E-state index is 0.964. The van der Waals surface area contributed by atoms with Crippen LogP contribution in [0.4, 0.5) is 5.69 Å². The summed E-state index contributed by atoms with van der Waals surface area (Å²) in [6, 6.07) is 30.4. The number of para-hydroxylation sites is 1. The summed E-state index contributed by atoms with van der Waals surface area (Å²) in [5.41, 5.74) is 5.60. The second kappa shape index (κ2) is 7.54. The molecule has 3 aromatic rings. The quantitative estimate of drug-likeness (QED) is 0.684. The van der Waals surface area contributed by atoms with E-state index >= 15 is 0 Å². The zero-order valence-corrected chi connectivity index (χ0v) is 14.5. The standard InChI is InChI=1S/C23H24N2/c1-3-9-20(10-4-1)15-16-24-17-21-11-7-8-12-22(21)18-25(19-24)23-13-5-2-6-14-23/h1-14H,15-19H2. The van der Waals surface area contributed by atoms with Crippen molar-refractivity contribution in [3.8, 4) is 0 Å². The molecule has 0 aliphatic carbocycles. The molecule has 0 atom stereocenters. The van der Waals surface area contributed by atoms with Crippen LogP contribution < -0.4 is 4.90 Å². The molecule has 4 rings (SSSR count). The molecule has 0 bridgehead atoms. The van der Waals surface area contributed by atoms with E-state index in [0.29, 0.717) is 0 Å². The Morgan fingerprint density at radius 2 is 1.24 bits per heavy atom. The van der Waals surface area contributed by atoms with Crippen LogP contribution in [0.1, 0.15) is 16.7 Å². The van der Waals surface area contributed by atoms with Crippen molar-refractivity contribution < 1.29 is 0 Å². The smallest absolute Gasteiger partial charge is 0.0713 e. The van der Waals surface area contributed by atoms with E-state index in [0.717, 1.165) is 32.7 Å². The minimum Gasteiger partial charge on any atom is -0.354 e. The zero-order valence-electron chi connectivity index (χ0n) is 14.5. The highest BCUT2D eigenvalue weighted by atomic mass is 15.3. The molecular weight excluding hydrogens is 304 g/mol. The highest BCUT2D eigenvalue weighted by Gasteiger charge is 2.19. The van der Waals surface area contributed by atoms with Crippen LogP contribution in [0.25, 0.3) is 0 Å². The van der Waals surface area contributed by atoms with Gasteiger partial charge < -0.3 is 4.90 Å². The van der Waals surface area contributed by atoms with Gasteiger partial charge in [0.25, 0.3) is 0 Å². The number of nitrogens with zero attached hydrogens (tertiary/aromatic N) is 2. The first-order chi connectivity index (χ1) is 12.4. The van der Waals surface area contributed by atoms with E-state index in [1.54, 1.807) is 0 Å². The predicted molar refractivity (Wildman–Crippen MR) is 104 cm³/mol. The van der Waals surface area contributed by atoms with E-state index in [9.17, 15) is 0 Å². The van der Waals surface area contributed by atoms with E-state index in [1.807, 2.05) is 0 Å². The Hall–Kier alpha value is -2.58. The second-order valence-corrected chi connectivity index (χ2v) is 6.73. The summed E-state index contributed by atoms with van der Waals surface area (Å²) in [7, 11) is 0.